The lowest BCUT2D eigenvalue weighted by molar-refractivity contribution is 0.533. The van der Waals surface area contributed by atoms with Crippen LogP contribution in [0, 0.1) is 0 Å². The number of allylic oxidation sites excluding steroid dienone is 2. The molecular formula is C20H40. The molecule has 0 radical (unpaired) electrons. The van der Waals surface area contributed by atoms with E-state index in [9.17, 15) is 0 Å². The van der Waals surface area contributed by atoms with E-state index in [1.165, 1.54) is 103 Å². The standard InChI is InChI=1S/C20H40/c1-3-5-7-9-11-13-15-17-19-20-18-16-14-12-10-8-6-4-2/h3,5H,4,6-20H2,1-2H3/b5-3+. The van der Waals surface area contributed by atoms with Crippen LogP contribution in [-0.2, 0) is 0 Å². The molecule has 0 atom stereocenters. The first-order valence-electron chi connectivity index (χ1n) is 9.53. The second-order valence-corrected chi connectivity index (χ2v) is 6.31. The van der Waals surface area contributed by atoms with Crippen molar-refractivity contribution in [2.24, 2.45) is 0 Å². The van der Waals surface area contributed by atoms with Gasteiger partial charge in [-0.2, -0.15) is 0 Å². The molecule has 0 unspecified atom stereocenters. The van der Waals surface area contributed by atoms with E-state index in [1.807, 2.05) is 0 Å². The molecular weight excluding hydrogens is 240 g/mol. The molecule has 0 bridgehead atoms. The zero-order valence-corrected chi connectivity index (χ0v) is 14.5. The van der Waals surface area contributed by atoms with Gasteiger partial charge in [0.25, 0.3) is 0 Å². The summed E-state index contributed by atoms with van der Waals surface area (Å²) in [5.41, 5.74) is 0. The van der Waals surface area contributed by atoms with Gasteiger partial charge >= 0.3 is 0 Å². The molecule has 0 nitrogen and oxygen atoms in total. The predicted molar refractivity (Wildman–Crippen MR) is 94.4 cm³/mol. The Labute approximate surface area is 129 Å². The third-order valence-corrected chi connectivity index (χ3v) is 4.21. The van der Waals surface area contributed by atoms with E-state index in [1.54, 1.807) is 0 Å². The van der Waals surface area contributed by atoms with Gasteiger partial charge in [0.1, 0.15) is 0 Å². The highest BCUT2D eigenvalue weighted by molar-refractivity contribution is 4.76. The second-order valence-electron chi connectivity index (χ2n) is 6.31. The maximum absolute atomic E-state index is 2.29. The van der Waals surface area contributed by atoms with Crippen molar-refractivity contribution in [2.75, 3.05) is 0 Å². The van der Waals surface area contributed by atoms with E-state index >= 15 is 0 Å². The third kappa shape index (κ3) is 17.7. The van der Waals surface area contributed by atoms with Crippen molar-refractivity contribution in [1.29, 1.82) is 0 Å². The maximum atomic E-state index is 2.29. The topological polar surface area (TPSA) is 0 Å². The van der Waals surface area contributed by atoms with Crippen molar-refractivity contribution in [1.82, 2.24) is 0 Å². The van der Waals surface area contributed by atoms with E-state index in [-0.39, 0.29) is 0 Å². The quantitative estimate of drug-likeness (QED) is 0.200. The summed E-state index contributed by atoms with van der Waals surface area (Å²) in [7, 11) is 0. The predicted octanol–water partition coefficient (Wildman–Crippen LogP) is 7.82. The molecule has 0 aliphatic rings. The molecule has 0 aliphatic carbocycles. The van der Waals surface area contributed by atoms with Crippen LogP contribution in [0.15, 0.2) is 12.2 Å². The van der Waals surface area contributed by atoms with Crippen LogP contribution in [0.2, 0.25) is 0 Å². The van der Waals surface area contributed by atoms with E-state index in [0.29, 0.717) is 0 Å². The Morgan fingerprint density at radius 2 is 0.850 bits per heavy atom. The van der Waals surface area contributed by atoms with Crippen molar-refractivity contribution in [3.8, 4) is 0 Å². The zero-order chi connectivity index (χ0) is 14.7. The van der Waals surface area contributed by atoms with Crippen molar-refractivity contribution in [2.45, 2.75) is 117 Å². The van der Waals surface area contributed by atoms with Gasteiger partial charge in [0, 0.05) is 0 Å². The molecule has 0 heteroatoms. The zero-order valence-electron chi connectivity index (χ0n) is 14.5. The Bertz CT molecular complexity index is 180. The highest BCUT2D eigenvalue weighted by atomic mass is 14.0. The molecule has 0 aromatic carbocycles. The molecule has 0 aromatic heterocycles. The second kappa shape index (κ2) is 18.7. The van der Waals surface area contributed by atoms with Crippen LogP contribution in [0.5, 0.6) is 0 Å². The van der Waals surface area contributed by atoms with Crippen molar-refractivity contribution in [3.05, 3.63) is 12.2 Å². The third-order valence-electron chi connectivity index (χ3n) is 4.21. The summed E-state index contributed by atoms with van der Waals surface area (Å²) in [4.78, 5) is 0. The van der Waals surface area contributed by atoms with Gasteiger partial charge in [-0.1, -0.05) is 109 Å². The van der Waals surface area contributed by atoms with Crippen LogP contribution in [0.4, 0.5) is 0 Å². The lowest BCUT2D eigenvalue weighted by Crippen LogP contribution is -1.83. The van der Waals surface area contributed by atoms with E-state index < -0.39 is 0 Å². The molecule has 0 fully saturated rings. The molecule has 120 valence electrons. The summed E-state index contributed by atoms with van der Waals surface area (Å²) in [6.45, 7) is 4.41. The van der Waals surface area contributed by atoms with Gasteiger partial charge in [-0.05, 0) is 19.8 Å². The number of hydrogen-bond acceptors (Lipinski definition) is 0. The Hall–Kier alpha value is -0.260. The number of rotatable bonds is 16. The maximum Gasteiger partial charge on any atom is -0.0351 e. The highest BCUT2D eigenvalue weighted by Crippen LogP contribution is 2.13. The molecule has 0 heterocycles. The lowest BCUT2D eigenvalue weighted by atomic mass is 10.0. The molecule has 0 spiro atoms. The lowest BCUT2D eigenvalue weighted by Gasteiger charge is -2.03. The average molecular weight is 281 g/mol. The van der Waals surface area contributed by atoms with Crippen molar-refractivity contribution < 1.29 is 0 Å². The molecule has 0 amide bonds. The molecule has 0 saturated heterocycles. The largest absolute Gasteiger partial charge is 0.0917 e. The SMILES string of the molecule is C/C=C/CCCCCCCCCCCCCCCCC. The van der Waals surface area contributed by atoms with E-state index in [2.05, 4.69) is 26.0 Å². The van der Waals surface area contributed by atoms with Crippen molar-refractivity contribution in [3.63, 3.8) is 0 Å². The molecule has 0 N–H and O–H groups in total. The fourth-order valence-corrected chi connectivity index (χ4v) is 2.80. The first-order valence-corrected chi connectivity index (χ1v) is 9.53. The summed E-state index contributed by atoms with van der Waals surface area (Å²) in [5.74, 6) is 0. The minimum Gasteiger partial charge on any atom is -0.0917 e. The summed E-state index contributed by atoms with van der Waals surface area (Å²) in [5, 5.41) is 0. The van der Waals surface area contributed by atoms with Crippen LogP contribution < -0.4 is 0 Å². The highest BCUT2D eigenvalue weighted by Gasteiger charge is 1.93. The Morgan fingerprint density at radius 3 is 1.20 bits per heavy atom. The van der Waals surface area contributed by atoms with E-state index in [0.717, 1.165) is 0 Å². The van der Waals surface area contributed by atoms with Gasteiger partial charge in [-0.25, -0.2) is 0 Å². The van der Waals surface area contributed by atoms with Crippen LogP contribution in [0.3, 0.4) is 0 Å². The van der Waals surface area contributed by atoms with Gasteiger partial charge in [-0.15, -0.1) is 0 Å². The minimum absolute atomic E-state index is 1.29. The summed E-state index contributed by atoms with van der Waals surface area (Å²) >= 11 is 0. The summed E-state index contributed by atoms with van der Waals surface area (Å²) < 4.78 is 0. The van der Waals surface area contributed by atoms with Gasteiger partial charge < -0.3 is 0 Å². The molecule has 0 aromatic rings. The van der Waals surface area contributed by atoms with Crippen LogP contribution in [-0.4, -0.2) is 0 Å². The van der Waals surface area contributed by atoms with Crippen LogP contribution in [0.1, 0.15) is 117 Å². The monoisotopic (exact) mass is 280 g/mol. The molecule has 0 aliphatic heterocycles. The van der Waals surface area contributed by atoms with Gasteiger partial charge in [0.15, 0.2) is 0 Å². The summed E-state index contributed by atoms with van der Waals surface area (Å²) in [6, 6.07) is 0. The van der Waals surface area contributed by atoms with Crippen LogP contribution in [0.25, 0.3) is 0 Å². The van der Waals surface area contributed by atoms with Gasteiger partial charge in [0.2, 0.25) is 0 Å². The van der Waals surface area contributed by atoms with Crippen molar-refractivity contribution >= 4 is 0 Å². The average Bonchev–Trinajstić information content (AvgIpc) is 2.47. The first-order chi connectivity index (χ1) is 9.91. The molecule has 0 rings (SSSR count). The fourth-order valence-electron chi connectivity index (χ4n) is 2.80. The fraction of sp³-hybridized carbons (Fsp3) is 0.900. The first kappa shape index (κ1) is 19.7. The van der Waals surface area contributed by atoms with Crippen LogP contribution >= 0.6 is 0 Å². The minimum atomic E-state index is 1.29. The summed E-state index contributed by atoms with van der Waals surface area (Å²) in [6.07, 6.45) is 27.6. The Balaban J connectivity index is 2.92. The number of hydrogen-bond donors (Lipinski definition) is 0. The Kier molecular flexibility index (Phi) is 18.5. The smallest absolute Gasteiger partial charge is 0.0351 e. The molecule has 0 saturated carbocycles. The van der Waals surface area contributed by atoms with E-state index in [4.69, 9.17) is 0 Å². The number of unbranched alkanes of at least 4 members (excludes halogenated alkanes) is 15. The van der Waals surface area contributed by atoms with Gasteiger partial charge in [0.05, 0.1) is 0 Å². The Morgan fingerprint density at radius 1 is 0.500 bits per heavy atom. The normalized spacial score (nSPS) is 11.5. The molecule has 20 heavy (non-hydrogen) atoms. The van der Waals surface area contributed by atoms with Gasteiger partial charge in [-0.3, -0.25) is 0 Å².